The molecule has 0 bridgehead atoms. The van der Waals surface area contributed by atoms with Gasteiger partial charge in [0.2, 0.25) is 12.4 Å². The molecule has 2 aromatic rings. The Labute approximate surface area is 192 Å². The van der Waals surface area contributed by atoms with Crippen molar-refractivity contribution in [2.45, 2.75) is 25.0 Å². The van der Waals surface area contributed by atoms with E-state index in [4.69, 9.17) is 10.8 Å². The molecule has 1 aromatic heterocycles. The first-order chi connectivity index (χ1) is 16.1. The topological polar surface area (TPSA) is 211 Å². The quantitative estimate of drug-likeness (QED) is 0.249. The fraction of sp³-hybridized carbons (Fsp3) is 0.300. The maximum Gasteiger partial charge on any atom is 0.326 e. The number of carboxylic acid groups (broad SMARTS) is 2. The van der Waals surface area contributed by atoms with E-state index in [0.717, 1.165) is 0 Å². The number of H-pyrrole nitrogens is 1. The molecule has 2 heterocycles. The van der Waals surface area contributed by atoms with Crippen LogP contribution in [-0.4, -0.2) is 70.2 Å². The summed E-state index contributed by atoms with van der Waals surface area (Å²) in [5, 5.41) is 23.3. The molecule has 1 aliphatic heterocycles. The highest BCUT2D eigenvalue weighted by molar-refractivity contribution is 5.97. The number of aliphatic carboxylic acids is 2. The highest BCUT2D eigenvalue weighted by Crippen LogP contribution is 2.28. The minimum atomic E-state index is -1.35. The first kappa shape index (κ1) is 24.0. The van der Waals surface area contributed by atoms with Gasteiger partial charge in [-0.05, 0) is 30.7 Å². The van der Waals surface area contributed by atoms with Crippen LogP contribution in [0.5, 0.6) is 0 Å². The van der Waals surface area contributed by atoms with E-state index in [9.17, 15) is 29.1 Å². The van der Waals surface area contributed by atoms with Crippen molar-refractivity contribution in [2.75, 3.05) is 34.4 Å². The fourth-order valence-corrected chi connectivity index (χ4v) is 3.53. The Hall–Kier alpha value is -4.62. The smallest absolute Gasteiger partial charge is 0.326 e. The van der Waals surface area contributed by atoms with Gasteiger partial charge < -0.3 is 36.5 Å². The average molecular weight is 473 g/mol. The predicted octanol–water partition coefficient (Wildman–Crippen LogP) is -0.749. The molecule has 2 unspecified atom stereocenters. The summed E-state index contributed by atoms with van der Waals surface area (Å²) in [6.45, 7) is 0.244. The molecule has 2 atom stereocenters. The van der Waals surface area contributed by atoms with Gasteiger partial charge in [0.25, 0.3) is 5.91 Å². The molecule has 14 nitrogen and oxygen atoms in total. The summed E-state index contributed by atoms with van der Waals surface area (Å²) in [5.74, 6) is -2.99. The van der Waals surface area contributed by atoms with Crippen LogP contribution in [0.2, 0.25) is 0 Å². The lowest BCUT2D eigenvalue weighted by Crippen LogP contribution is -2.55. The van der Waals surface area contributed by atoms with Gasteiger partial charge in [0.1, 0.15) is 18.0 Å². The number of nitrogens with zero attached hydrogens (tertiary/aromatic N) is 3. The van der Waals surface area contributed by atoms with Crippen LogP contribution in [0, 0.1) is 0 Å². The van der Waals surface area contributed by atoms with Gasteiger partial charge in [0.05, 0.1) is 6.54 Å². The number of carbonyl (C=O) groups excluding carboxylic acids is 2. The van der Waals surface area contributed by atoms with Crippen LogP contribution in [0.25, 0.3) is 0 Å². The van der Waals surface area contributed by atoms with Gasteiger partial charge in [-0.2, -0.15) is 4.98 Å². The summed E-state index contributed by atoms with van der Waals surface area (Å²) in [6.07, 6.45) is -0.755. The van der Waals surface area contributed by atoms with Gasteiger partial charge in [-0.15, -0.1) is 0 Å². The van der Waals surface area contributed by atoms with Crippen molar-refractivity contribution in [2.24, 2.45) is 0 Å². The zero-order chi connectivity index (χ0) is 25.0. The Bertz CT molecular complexity index is 1160. The standard InChI is InChI=1S/C20H23N7O7/c1-26(13-8-22-16-15(27(13)9-28)18(32)25-20(21)24-16)11-4-2-10(3-5-11)17(31)23-12(19(33)34)6-7-14(29)30/h2-5,9,12-13H,6-8H2,1H3,(H,23,31)(H,29,30)(H,33,34)(H4,21,22,24,25,32). The van der Waals surface area contributed by atoms with E-state index >= 15 is 0 Å². The van der Waals surface area contributed by atoms with Crippen LogP contribution in [0.4, 0.5) is 23.1 Å². The lowest BCUT2D eigenvalue weighted by atomic mass is 10.1. The van der Waals surface area contributed by atoms with Crippen LogP contribution in [0.15, 0.2) is 29.1 Å². The van der Waals surface area contributed by atoms with Crippen LogP contribution < -0.4 is 31.7 Å². The molecule has 1 aromatic carbocycles. The molecule has 0 aliphatic carbocycles. The Morgan fingerprint density at radius 1 is 1.32 bits per heavy atom. The maximum atomic E-state index is 12.4. The number of carbonyl (C=O) groups is 4. The van der Waals surface area contributed by atoms with Crippen LogP contribution in [0.1, 0.15) is 23.2 Å². The fourth-order valence-electron chi connectivity index (χ4n) is 3.53. The van der Waals surface area contributed by atoms with Gasteiger partial charge in [-0.1, -0.05) is 0 Å². The Kier molecular flexibility index (Phi) is 6.99. The second-order valence-corrected chi connectivity index (χ2v) is 7.48. The van der Waals surface area contributed by atoms with Crippen LogP contribution in [0.3, 0.4) is 0 Å². The summed E-state index contributed by atoms with van der Waals surface area (Å²) < 4.78 is 0. The second-order valence-electron chi connectivity index (χ2n) is 7.48. The van der Waals surface area contributed by atoms with E-state index in [0.29, 0.717) is 12.1 Å². The zero-order valence-electron chi connectivity index (χ0n) is 18.0. The highest BCUT2D eigenvalue weighted by Gasteiger charge is 2.32. The number of amides is 2. The van der Waals surface area contributed by atoms with E-state index in [1.54, 1.807) is 24.1 Å². The molecule has 1 aliphatic rings. The third-order valence-corrected chi connectivity index (χ3v) is 5.30. The number of aromatic amines is 1. The van der Waals surface area contributed by atoms with Crippen molar-refractivity contribution in [3.05, 3.63) is 40.2 Å². The molecule has 0 radical (unpaired) electrons. The number of anilines is 4. The number of hydrogen-bond acceptors (Lipinski definition) is 9. The number of rotatable bonds is 9. The summed E-state index contributed by atoms with van der Waals surface area (Å²) in [7, 11) is 1.69. The maximum absolute atomic E-state index is 12.4. The van der Waals surface area contributed by atoms with Gasteiger partial charge in [0, 0.05) is 24.7 Å². The molecule has 0 fully saturated rings. The number of nitrogens with one attached hydrogen (secondary N) is 3. The Morgan fingerprint density at radius 2 is 2.00 bits per heavy atom. The molecule has 0 saturated carbocycles. The SMILES string of the molecule is CN(c1ccc(C(=O)NC(CCC(=O)O)C(=O)O)cc1)C1CNc2[nH]c(N)nc(=O)c2N1C=O. The number of nitrogens with two attached hydrogens (primary N) is 1. The molecule has 180 valence electrons. The van der Waals surface area contributed by atoms with E-state index in [1.165, 1.54) is 17.0 Å². The number of fused-ring (bicyclic) bond motifs is 1. The molecule has 0 spiro atoms. The van der Waals surface area contributed by atoms with E-state index in [2.05, 4.69) is 20.6 Å². The molecule has 7 N–H and O–H groups in total. The lowest BCUT2D eigenvalue weighted by molar-refractivity contribution is -0.140. The number of hydrogen-bond donors (Lipinski definition) is 6. The molecule has 34 heavy (non-hydrogen) atoms. The number of carboxylic acids is 2. The number of likely N-dealkylation sites (N-methyl/N-ethyl adjacent to an activating group) is 1. The largest absolute Gasteiger partial charge is 0.481 e. The van der Waals surface area contributed by atoms with Crippen LogP contribution in [-0.2, 0) is 14.4 Å². The first-order valence-corrected chi connectivity index (χ1v) is 10.1. The molecular weight excluding hydrogens is 450 g/mol. The average Bonchev–Trinajstić information content (AvgIpc) is 2.79. The number of nitrogen functional groups attached to an aromatic ring is 1. The van der Waals surface area contributed by atoms with Gasteiger partial charge in [0.15, 0.2) is 5.69 Å². The predicted molar refractivity (Wildman–Crippen MR) is 121 cm³/mol. The minimum absolute atomic E-state index is 0.0179. The summed E-state index contributed by atoms with van der Waals surface area (Å²) in [5.41, 5.74) is 5.66. The van der Waals surface area contributed by atoms with Gasteiger partial charge in [-0.25, -0.2) is 4.79 Å². The Morgan fingerprint density at radius 3 is 2.59 bits per heavy atom. The van der Waals surface area contributed by atoms with E-state index in [-0.39, 0.29) is 36.0 Å². The van der Waals surface area contributed by atoms with E-state index < -0.39 is 42.0 Å². The lowest BCUT2D eigenvalue weighted by Gasteiger charge is -2.40. The summed E-state index contributed by atoms with van der Waals surface area (Å²) >= 11 is 0. The van der Waals surface area contributed by atoms with Gasteiger partial charge >= 0.3 is 17.5 Å². The Balaban J connectivity index is 1.75. The molecular formula is C20H23N7O7. The summed E-state index contributed by atoms with van der Waals surface area (Å²) in [4.78, 5) is 67.8. The van der Waals surface area contributed by atoms with Crippen molar-refractivity contribution < 1.29 is 29.4 Å². The zero-order valence-corrected chi connectivity index (χ0v) is 18.0. The first-order valence-electron chi connectivity index (χ1n) is 10.1. The van der Waals surface area contributed by atoms with Crippen molar-refractivity contribution in [1.29, 1.82) is 0 Å². The minimum Gasteiger partial charge on any atom is -0.481 e. The molecule has 3 rings (SSSR count). The molecule has 2 amide bonds. The second kappa shape index (κ2) is 9.89. The number of aromatic nitrogens is 2. The van der Waals surface area contributed by atoms with E-state index in [1.807, 2.05) is 0 Å². The normalized spacial score (nSPS) is 15.4. The van der Waals surface area contributed by atoms with Gasteiger partial charge in [-0.3, -0.25) is 24.1 Å². The monoisotopic (exact) mass is 473 g/mol. The van der Waals surface area contributed by atoms with Crippen molar-refractivity contribution in [3.63, 3.8) is 0 Å². The highest BCUT2D eigenvalue weighted by atomic mass is 16.4. The molecule has 14 heteroatoms. The van der Waals surface area contributed by atoms with Crippen LogP contribution >= 0.6 is 0 Å². The summed E-state index contributed by atoms with van der Waals surface area (Å²) in [6, 6.07) is 4.75. The van der Waals surface area contributed by atoms with Crippen molar-refractivity contribution in [3.8, 4) is 0 Å². The molecule has 0 saturated heterocycles. The third-order valence-electron chi connectivity index (χ3n) is 5.30. The third kappa shape index (κ3) is 5.06. The van der Waals surface area contributed by atoms with Crippen molar-refractivity contribution >= 4 is 47.4 Å². The van der Waals surface area contributed by atoms with Crippen molar-refractivity contribution in [1.82, 2.24) is 15.3 Å². The number of benzene rings is 1.